The highest BCUT2D eigenvalue weighted by molar-refractivity contribution is 5.66. The van der Waals surface area contributed by atoms with E-state index < -0.39 is 6.09 Å². The van der Waals surface area contributed by atoms with Gasteiger partial charge in [-0.05, 0) is 18.8 Å². The molecule has 0 aliphatic carbocycles. The number of rotatable bonds is 1. The first-order valence-electron chi connectivity index (χ1n) is 6.10. The molecule has 2 rings (SSSR count). The van der Waals surface area contributed by atoms with Crippen molar-refractivity contribution in [3.8, 4) is 0 Å². The van der Waals surface area contributed by atoms with Crippen molar-refractivity contribution in [3.05, 3.63) is 11.7 Å². The van der Waals surface area contributed by atoms with Gasteiger partial charge in [-0.2, -0.15) is 4.98 Å². The molecule has 0 spiro atoms. The third-order valence-corrected chi connectivity index (χ3v) is 3.39. The second-order valence-corrected chi connectivity index (χ2v) is 5.86. The molecule has 6 nitrogen and oxygen atoms in total. The minimum Gasteiger partial charge on any atom is -0.465 e. The Labute approximate surface area is 106 Å². The molecule has 2 unspecified atom stereocenters. The molecule has 1 aliphatic rings. The van der Waals surface area contributed by atoms with Gasteiger partial charge in [0.1, 0.15) is 0 Å². The fraction of sp³-hybridized carbons (Fsp3) is 0.750. The molecule has 0 aromatic carbocycles. The van der Waals surface area contributed by atoms with E-state index >= 15 is 0 Å². The first kappa shape index (κ1) is 12.9. The topological polar surface area (TPSA) is 79.5 Å². The van der Waals surface area contributed by atoms with Gasteiger partial charge in [0.05, 0.1) is 12.0 Å². The number of likely N-dealkylation sites (tertiary alicyclic amines) is 1. The highest BCUT2D eigenvalue weighted by atomic mass is 16.5. The first-order chi connectivity index (χ1) is 8.30. The molecule has 1 fully saturated rings. The van der Waals surface area contributed by atoms with Crippen LogP contribution in [0.25, 0.3) is 0 Å². The van der Waals surface area contributed by atoms with Crippen molar-refractivity contribution in [1.29, 1.82) is 0 Å². The number of nitrogens with zero attached hydrogens (tertiary/aromatic N) is 3. The highest BCUT2D eigenvalue weighted by Gasteiger charge is 2.46. The molecule has 1 saturated heterocycles. The quantitative estimate of drug-likeness (QED) is 0.830. The van der Waals surface area contributed by atoms with Crippen LogP contribution in [0.2, 0.25) is 0 Å². The zero-order valence-corrected chi connectivity index (χ0v) is 11.2. The molecule has 6 heteroatoms. The molecule has 1 N–H and O–H groups in total. The molecule has 1 amide bonds. The third-order valence-electron chi connectivity index (χ3n) is 3.39. The summed E-state index contributed by atoms with van der Waals surface area (Å²) in [6, 6.07) is -0.130. The van der Waals surface area contributed by atoms with E-state index in [2.05, 4.69) is 10.1 Å². The molecular formula is C12H19N3O3. The maximum atomic E-state index is 11.3. The Kier molecular flexibility index (Phi) is 3.04. The van der Waals surface area contributed by atoms with Crippen LogP contribution < -0.4 is 0 Å². The SMILES string of the molecule is Cc1noc(C2CCN(C(=O)O)C2C(C)(C)C)n1. The maximum absolute atomic E-state index is 11.3. The van der Waals surface area contributed by atoms with Crippen molar-refractivity contribution < 1.29 is 14.4 Å². The predicted octanol–water partition coefficient (Wildman–Crippen LogP) is 2.26. The number of amides is 1. The average Bonchev–Trinajstić information content (AvgIpc) is 2.80. The van der Waals surface area contributed by atoms with Gasteiger partial charge < -0.3 is 14.5 Å². The molecule has 0 saturated carbocycles. The predicted molar refractivity (Wildman–Crippen MR) is 64.4 cm³/mol. The third kappa shape index (κ3) is 2.19. The van der Waals surface area contributed by atoms with Crippen molar-refractivity contribution in [2.75, 3.05) is 6.54 Å². The van der Waals surface area contributed by atoms with E-state index in [1.807, 2.05) is 20.8 Å². The first-order valence-corrected chi connectivity index (χ1v) is 6.10. The second-order valence-electron chi connectivity index (χ2n) is 5.86. The summed E-state index contributed by atoms with van der Waals surface area (Å²) in [7, 11) is 0. The van der Waals surface area contributed by atoms with Gasteiger partial charge in [-0.1, -0.05) is 25.9 Å². The van der Waals surface area contributed by atoms with Crippen LogP contribution in [0.5, 0.6) is 0 Å². The van der Waals surface area contributed by atoms with Crippen LogP contribution in [0.3, 0.4) is 0 Å². The number of aromatic nitrogens is 2. The van der Waals surface area contributed by atoms with Crippen LogP contribution in [-0.2, 0) is 0 Å². The normalized spacial score (nSPS) is 24.6. The van der Waals surface area contributed by atoms with Gasteiger partial charge in [0.2, 0.25) is 5.89 Å². The summed E-state index contributed by atoms with van der Waals surface area (Å²) < 4.78 is 5.22. The van der Waals surface area contributed by atoms with Crippen LogP contribution in [-0.4, -0.2) is 38.8 Å². The van der Waals surface area contributed by atoms with Crippen LogP contribution in [0.4, 0.5) is 4.79 Å². The minimum atomic E-state index is -0.881. The van der Waals surface area contributed by atoms with Gasteiger partial charge in [0, 0.05) is 6.54 Å². The van der Waals surface area contributed by atoms with E-state index in [0.29, 0.717) is 18.3 Å². The van der Waals surface area contributed by atoms with Crippen LogP contribution in [0.15, 0.2) is 4.52 Å². The smallest absolute Gasteiger partial charge is 0.407 e. The molecule has 0 bridgehead atoms. The molecule has 0 radical (unpaired) electrons. The van der Waals surface area contributed by atoms with E-state index in [4.69, 9.17) is 4.52 Å². The Morgan fingerprint density at radius 3 is 2.61 bits per heavy atom. The van der Waals surface area contributed by atoms with E-state index in [0.717, 1.165) is 6.42 Å². The Balaban J connectivity index is 2.33. The molecule has 1 aromatic rings. The number of carbonyl (C=O) groups is 1. The molecule has 2 atom stereocenters. The Morgan fingerprint density at radius 1 is 1.50 bits per heavy atom. The van der Waals surface area contributed by atoms with Crippen LogP contribution >= 0.6 is 0 Å². The van der Waals surface area contributed by atoms with Crippen LogP contribution in [0, 0.1) is 12.3 Å². The molecule has 1 aromatic heterocycles. The van der Waals surface area contributed by atoms with E-state index in [9.17, 15) is 9.90 Å². The molecule has 18 heavy (non-hydrogen) atoms. The lowest BCUT2D eigenvalue weighted by Gasteiger charge is -2.35. The number of carboxylic acid groups (broad SMARTS) is 1. The van der Waals surface area contributed by atoms with E-state index in [1.165, 1.54) is 4.90 Å². The summed E-state index contributed by atoms with van der Waals surface area (Å²) in [4.78, 5) is 17.0. The Bertz CT molecular complexity index is 450. The monoisotopic (exact) mass is 253 g/mol. The standard InChI is InChI=1S/C12H19N3O3/c1-7-13-10(18-14-7)8-5-6-15(11(16)17)9(8)12(2,3)4/h8-9H,5-6H2,1-4H3,(H,16,17). The van der Waals surface area contributed by atoms with Gasteiger partial charge in [-0.3, -0.25) is 0 Å². The average molecular weight is 253 g/mol. The zero-order valence-electron chi connectivity index (χ0n) is 11.2. The lowest BCUT2D eigenvalue weighted by molar-refractivity contribution is 0.0972. The second kappa shape index (κ2) is 4.26. The molecule has 1 aliphatic heterocycles. The number of hydrogen-bond donors (Lipinski definition) is 1. The largest absolute Gasteiger partial charge is 0.465 e. The van der Waals surface area contributed by atoms with Gasteiger partial charge in [-0.15, -0.1) is 0 Å². The summed E-state index contributed by atoms with van der Waals surface area (Å²) in [5.74, 6) is 1.13. The minimum absolute atomic E-state index is 0.0118. The fourth-order valence-electron chi connectivity index (χ4n) is 2.80. The number of aryl methyl sites for hydroxylation is 1. The maximum Gasteiger partial charge on any atom is 0.407 e. The Hall–Kier alpha value is -1.59. The van der Waals surface area contributed by atoms with E-state index in [1.54, 1.807) is 6.92 Å². The van der Waals surface area contributed by atoms with Gasteiger partial charge in [0.15, 0.2) is 5.82 Å². The summed E-state index contributed by atoms with van der Waals surface area (Å²) in [5.41, 5.74) is -0.165. The lowest BCUT2D eigenvalue weighted by atomic mass is 9.79. The zero-order chi connectivity index (χ0) is 13.5. The summed E-state index contributed by atoms with van der Waals surface area (Å²) >= 11 is 0. The van der Waals surface area contributed by atoms with Crippen molar-refractivity contribution in [2.45, 2.75) is 46.1 Å². The molecule has 2 heterocycles. The van der Waals surface area contributed by atoms with Crippen molar-refractivity contribution in [2.24, 2.45) is 5.41 Å². The Morgan fingerprint density at radius 2 is 2.17 bits per heavy atom. The van der Waals surface area contributed by atoms with Gasteiger partial charge >= 0.3 is 6.09 Å². The van der Waals surface area contributed by atoms with Crippen molar-refractivity contribution in [3.63, 3.8) is 0 Å². The van der Waals surface area contributed by atoms with Crippen LogP contribution in [0.1, 0.15) is 44.8 Å². The summed E-state index contributed by atoms with van der Waals surface area (Å²) in [5, 5.41) is 13.1. The molecular weight excluding hydrogens is 234 g/mol. The van der Waals surface area contributed by atoms with Crippen molar-refractivity contribution in [1.82, 2.24) is 15.0 Å². The highest BCUT2D eigenvalue weighted by Crippen LogP contribution is 2.42. The fourth-order valence-corrected chi connectivity index (χ4v) is 2.80. The van der Waals surface area contributed by atoms with E-state index in [-0.39, 0.29) is 17.4 Å². The summed E-state index contributed by atoms with van der Waals surface area (Å²) in [6.07, 6.45) is -0.149. The number of hydrogen-bond acceptors (Lipinski definition) is 4. The van der Waals surface area contributed by atoms with Crippen molar-refractivity contribution >= 4 is 6.09 Å². The van der Waals surface area contributed by atoms with Gasteiger partial charge in [-0.25, -0.2) is 4.79 Å². The van der Waals surface area contributed by atoms with Gasteiger partial charge in [0.25, 0.3) is 0 Å². The molecule has 100 valence electrons. The summed E-state index contributed by atoms with van der Waals surface area (Å²) in [6.45, 7) is 8.39. The lowest BCUT2D eigenvalue weighted by Crippen LogP contribution is -2.44.